The summed E-state index contributed by atoms with van der Waals surface area (Å²) in [6, 6.07) is 12.2. The first-order valence-corrected chi connectivity index (χ1v) is 10.2. The summed E-state index contributed by atoms with van der Waals surface area (Å²) in [6.07, 6.45) is 0. The molecule has 7 nitrogen and oxygen atoms in total. The van der Waals surface area contributed by atoms with Crippen LogP contribution in [0.1, 0.15) is 28.5 Å². The molecule has 0 bridgehead atoms. The Morgan fingerprint density at radius 2 is 1.93 bits per heavy atom. The molecule has 0 radical (unpaired) electrons. The molecule has 2 aromatic carbocycles. The second-order valence-electron chi connectivity index (χ2n) is 6.15. The predicted octanol–water partition coefficient (Wildman–Crippen LogP) is 4.70. The Kier molecular flexibility index (Phi) is 7.26. The van der Waals surface area contributed by atoms with Crippen LogP contribution in [0.15, 0.2) is 47.8 Å². The summed E-state index contributed by atoms with van der Waals surface area (Å²) in [5.41, 5.74) is 1.70. The lowest BCUT2D eigenvalue weighted by Crippen LogP contribution is -2.07. The van der Waals surface area contributed by atoms with Crippen LogP contribution in [-0.2, 0) is 22.7 Å². The number of thiazole rings is 1. The summed E-state index contributed by atoms with van der Waals surface area (Å²) in [4.78, 5) is 27.6. The number of hydrogen-bond donors (Lipinski definition) is 1. The molecule has 1 aromatic heterocycles. The summed E-state index contributed by atoms with van der Waals surface area (Å²) in [7, 11) is 1.49. The van der Waals surface area contributed by atoms with E-state index in [-0.39, 0.29) is 19.1 Å². The van der Waals surface area contributed by atoms with Gasteiger partial charge in [0.25, 0.3) is 0 Å². The number of halogens is 1. The van der Waals surface area contributed by atoms with Crippen LogP contribution in [-0.4, -0.2) is 24.0 Å². The van der Waals surface area contributed by atoms with Crippen molar-refractivity contribution in [2.75, 3.05) is 12.4 Å². The van der Waals surface area contributed by atoms with E-state index in [0.717, 1.165) is 5.56 Å². The maximum Gasteiger partial charge on any atom is 0.338 e. The molecule has 1 heterocycles. The highest BCUT2D eigenvalue weighted by Gasteiger charge is 2.14. The van der Waals surface area contributed by atoms with E-state index < -0.39 is 5.97 Å². The number of nitrogens with one attached hydrogen (secondary N) is 1. The van der Waals surface area contributed by atoms with Crippen LogP contribution < -0.4 is 14.8 Å². The molecule has 3 aromatic rings. The minimum Gasteiger partial charge on any atom is -0.493 e. The molecule has 0 unspecified atom stereocenters. The fourth-order valence-electron chi connectivity index (χ4n) is 2.49. The Morgan fingerprint density at radius 3 is 2.67 bits per heavy atom. The molecular weight excluding hydrogens is 428 g/mol. The van der Waals surface area contributed by atoms with E-state index >= 15 is 0 Å². The highest BCUT2D eigenvalue weighted by Crippen LogP contribution is 2.30. The Balaban J connectivity index is 1.62. The van der Waals surface area contributed by atoms with E-state index in [2.05, 4.69) is 10.3 Å². The summed E-state index contributed by atoms with van der Waals surface area (Å²) in [5.74, 6) is 0.142. The Morgan fingerprint density at radius 1 is 1.13 bits per heavy atom. The molecule has 0 fully saturated rings. The monoisotopic (exact) mass is 446 g/mol. The minimum atomic E-state index is -0.528. The summed E-state index contributed by atoms with van der Waals surface area (Å²) < 4.78 is 16.4. The van der Waals surface area contributed by atoms with Crippen LogP contribution in [0.5, 0.6) is 11.5 Å². The molecule has 0 saturated heterocycles. The number of ether oxygens (including phenoxy) is 3. The van der Waals surface area contributed by atoms with Crippen LogP contribution >= 0.6 is 22.9 Å². The smallest absolute Gasteiger partial charge is 0.338 e. The third-order valence-electron chi connectivity index (χ3n) is 3.93. The van der Waals surface area contributed by atoms with Crippen molar-refractivity contribution in [2.24, 2.45) is 0 Å². The molecule has 1 amide bonds. The largest absolute Gasteiger partial charge is 0.493 e. The maximum absolute atomic E-state index is 12.4. The van der Waals surface area contributed by atoms with E-state index in [1.54, 1.807) is 29.6 Å². The van der Waals surface area contributed by atoms with Crippen molar-refractivity contribution < 1.29 is 23.8 Å². The quantitative estimate of drug-likeness (QED) is 0.505. The van der Waals surface area contributed by atoms with E-state index in [0.29, 0.717) is 32.9 Å². The van der Waals surface area contributed by atoms with Crippen molar-refractivity contribution in [3.63, 3.8) is 0 Å². The van der Waals surface area contributed by atoms with Gasteiger partial charge in [0.05, 0.1) is 18.4 Å². The number of methoxy groups -OCH3 is 1. The number of hydrogen-bond acceptors (Lipinski definition) is 7. The first-order chi connectivity index (χ1) is 14.5. The van der Waals surface area contributed by atoms with E-state index in [1.807, 2.05) is 18.2 Å². The first-order valence-electron chi connectivity index (χ1n) is 8.89. The minimum absolute atomic E-state index is 0.0119. The molecule has 0 saturated carbocycles. The number of nitrogens with zero attached hydrogens (tertiary/aromatic N) is 1. The van der Waals surface area contributed by atoms with Gasteiger partial charge in [0.15, 0.2) is 16.6 Å². The average molecular weight is 447 g/mol. The molecule has 3 rings (SSSR count). The molecule has 0 spiro atoms. The molecule has 1 N–H and O–H groups in total. The van der Waals surface area contributed by atoms with Crippen molar-refractivity contribution in [1.82, 2.24) is 4.98 Å². The normalized spacial score (nSPS) is 10.4. The zero-order chi connectivity index (χ0) is 21.5. The van der Waals surface area contributed by atoms with Gasteiger partial charge >= 0.3 is 5.97 Å². The number of aromatic nitrogens is 1. The molecular formula is C21H19ClN2O5S. The molecule has 30 heavy (non-hydrogen) atoms. The van der Waals surface area contributed by atoms with Crippen LogP contribution in [0.4, 0.5) is 5.13 Å². The number of anilines is 1. The Bertz CT molecular complexity index is 1050. The second-order valence-corrected chi connectivity index (χ2v) is 7.41. The molecule has 9 heteroatoms. The first kappa shape index (κ1) is 21.6. The number of rotatable bonds is 8. The zero-order valence-electron chi connectivity index (χ0n) is 16.3. The van der Waals surface area contributed by atoms with Gasteiger partial charge in [-0.15, -0.1) is 11.3 Å². The lowest BCUT2D eigenvalue weighted by Gasteiger charge is -2.12. The van der Waals surface area contributed by atoms with Crippen molar-refractivity contribution in [1.29, 1.82) is 0 Å². The molecule has 0 aliphatic carbocycles. The third-order valence-corrected chi connectivity index (χ3v) is 5.10. The van der Waals surface area contributed by atoms with Crippen molar-refractivity contribution >= 4 is 39.9 Å². The number of esters is 1. The van der Waals surface area contributed by atoms with Gasteiger partial charge in [-0.3, -0.25) is 4.79 Å². The topological polar surface area (TPSA) is 86.8 Å². The SMILES string of the molecule is COc1cc(C(=O)OCc2csc(NC(C)=O)n2)ccc1OCc1ccccc1Cl. The number of amides is 1. The molecule has 0 aliphatic heterocycles. The van der Waals surface area contributed by atoms with Gasteiger partial charge in [-0.25, -0.2) is 9.78 Å². The van der Waals surface area contributed by atoms with Crippen LogP contribution in [0, 0.1) is 0 Å². The van der Waals surface area contributed by atoms with Gasteiger partial charge in [-0.2, -0.15) is 0 Å². The highest BCUT2D eigenvalue weighted by atomic mass is 35.5. The fraction of sp³-hybridized carbons (Fsp3) is 0.190. The van der Waals surface area contributed by atoms with Gasteiger partial charge in [0, 0.05) is 22.9 Å². The molecule has 156 valence electrons. The van der Waals surface area contributed by atoms with Gasteiger partial charge in [0.1, 0.15) is 13.2 Å². The fourth-order valence-corrected chi connectivity index (χ4v) is 3.42. The van der Waals surface area contributed by atoms with E-state index in [4.69, 9.17) is 25.8 Å². The lowest BCUT2D eigenvalue weighted by atomic mass is 10.2. The van der Waals surface area contributed by atoms with Gasteiger partial charge in [0.2, 0.25) is 5.91 Å². The highest BCUT2D eigenvalue weighted by molar-refractivity contribution is 7.13. The number of carbonyl (C=O) groups is 2. The standard InChI is InChI=1S/C21H19ClN2O5S/c1-13(25)23-21-24-16(12-30-21)11-29-20(26)14-7-8-18(19(9-14)27-2)28-10-15-5-3-4-6-17(15)22/h3-9,12H,10-11H2,1-2H3,(H,23,24,25). The van der Waals surface area contributed by atoms with Crippen LogP contribution in [0.25, 0.3) is 0 Å². The average Bonchev–Trinajstić information content (AvgIpc) is 3.18. The summed E-state index contributed by atoms with van der Waals surface area (Å²) in [6.45, 7) is 1.65. The summed E-state index contributed by atoms with van der Waals surface area (Å²) in [5, 5.41) is 5.36. The maximum atomic E-state index is 12.4. The second kappa shape index (κ2) is 10.1. The van der Waals surface area contributed by atoms with Crippen molar-refractivity contribution in [3.05, 3.63) is 69.7 Å². The van der Waals surface area contributed by atoms with Crippen LogP contribution in [0.3, 0.4) is 0 Å². The predicted molar refractivity (Wildman–Crippen MR) is 114 cm³/mol. The molecule has 0 aliphatic rings. The third kappa shape index (κ3) is 5.71. The van der Waals surface area contributed by atoms with Crippen LogP contribution in [0.2, 0.25) is 5.02 Å². The van der Waals surface area contributed by atoms with Crippen molar-refractivity contribution in [3.8, 4) is 11.5 Å². The Hall–Kier alpha value is -3.10. The lowest BCUT2D eigenvalue weighted by molar-refractivity contribution is -0.114. The summed E-state index contributed by atoms with van der Waals surface area (Å²) >= 11 is 7.40. The number of carbonyl (C=O) groups excluding carboxylic acids is 2. The van der Waals surface area contributed by atoms with Gasteiger partial charge in [-0.05, 0) is 24.3 Å². The Labute approximate surface area is 182 Å². The van der Waals surface area contributed by atoms with E-state index in [9.17, 15) is 9.59 Å². The van der Waals surface area contributed by atoms with Gasteiger partial charge < -0.3 is 19.5 Å². The van der Waals surface area contributed by atoms with Crippen molar-refractivity contribution in [2.45, 2.75) is 20.1 Å². The zero-order valence-corrected chi connectivity index (χ0v) is 17.9. The molecule has 0 atom stereocenters. The van der Waals surface area contributed by atoms with E-state index in [1.165, 1.54) is 25.4 Å². The van der Waals surface area contributed by atoms with Gasteiger partial charge in [-0.1, -0.05) is 29.8 Å². The number of benzene rings is 2.